The summed E-state index contributed by atoms with van der Waals surface area (Å²) >= 11 is 1.71. The van der Waals surface area contributed by atoms with Crippen LogP contribution in [0, 0.1) is 0 Å². The number of nitrogens with one attached hydrogen (secondary N) is 1. The Labute approximate surface area is 102 Å². The molecule has 0 bridgehead atoms. The number of hydrogen-bond acceptors (Lipinski definition) is 4. The molecule has 1 atom stereocenters. The Morgan fingerprint density at radius 3 is 2.56 bits per heavy atom. The van der Waals surface area contributed by atoms with Gasteiger partial charge < -0.3 is 10.1 Å². The summed E-state index contributed by atoms with van der Waals surface area (Å²) in [5.74, 6) is 0. The second kappa shape index (κ2) is 6.33. The zero-order valence-corrected chi connectivity index (χ0v) is 11.4. The minimum absolute atomic E-state index is 0.0707. The molecule has 0 aliphatic rings. The number of nitrogens with zero attached hydrogens (tertiary/aromatic N) is 1. The highest BCUT2D eigenvalue weighted by atomic mass is 32.1. The van der Waals surface area contributed by atoms with Gasteiger partial charge in [-0.1, -0.05) is 13.8 Å². The summed E-state index contributed by atoms with van der Waals surface area (Å²) in [6.07, 6.45) is 4.96. The fourth-order valence-corrected chi connectivity index (χ4v) is 2.91. The lowest BCUT2D eigenvalue weighted by molar-refractivity contribution is -0.0452. The quantitative estimate of drug-likeness (QED) is 0.797. The van der Waals surface area contributed by atoms with Gasteiger partial charge in [0.05, 0.1) is 11.1 Å². The molecular weight excluding hydrogens is 220 g/mol. The molecule has 1 aromatic rings. The first kappa shape index (κ1) is 13.6. The average molecular weight is 242 g/mol. The molecule has 1 rings (SSSR count). The monoisotopic (exact) mass is 242 g/mol. The second-order valence-corrected chi connectivity index (χ2v) is 4.96. The Hall–Kier alpha value is -0.450. The van der Waals surface area contributed by atoms with Crippen LogP contribution in [0.15, 0.2) is 11.7 Å². The van der Waals surface area contributed by atoms with Crippen LogP contribution in [0.1, 0.15) is 31.6 Å². The van der Waals surface area contributed by atoms with Gasteiger partial charge in [-0.2, -0.15) is 0 Å². The predicted molar refractivity (Wildman–Crippen MR) is 69.0 cm³/mol. The largest absolute Gasteiger partial charge is 0.377 e. The number of ether oxygens (including phenoxy) is 1. The fraction of sp³-hybridized carbons (Fsp3) is 0.750. The van der Waals surface area contributed by atoms with E-state index in [0.717, 1.165) is 19.3 Å². The fourth-order valence-electron chi connectivity index (χ4n) is 2.27. The molecule has 3 nitrogen and oxygen atoms in total. The molecule has 92 valence electrons. The first-order valence-corrected chi connectivity index (χ1v) is 6.70. The van der Waals surface area contributed by atoms with Gasteiger partial charge in [0.1, 0.15) is 0 Å². The number of hydrogen-bond donors (Lipinski definition) is 1. The summed E-state index contributed by atoms with van der Waals surface area (Å²) in [6, 6.07) is 0.341. The van der Waals surface area contributed by atoms with Crippen LogP contribution in [0.4, 0.5) is 0 Å². The van der Waals surface area contributed by atoms with E-state index in [2.05, 4.69) is 24.1 Å². The average Bonchev–Trinajstić information content (AvgIpc) is 2.83. The van der Waals surface area contributed by atoms with Crippen molar-refractivity contribution in [1.82, 2.24) is 10.3 Å². The third-order valence-corrected chi connectivity index (χ3v) is 4.28. The van der Waals surface area contributed by atoms with E-state index >= 15 is 0 Å². The van der Waals surface area contributed by atoms with Gasteiger partial charge in [-0.15, -0.1) is 11.3 Å². The third-order valence-electron chi connectivity index (χ3n) is 3.48. The second-order valence-electron chi connectivity index (χ2n) is 3.99. The van der Waals surface area contributed by atoms with Gasteiger partial charge in [-0.05, 0) is 19.9 Å². The third kappa shape index (κ3) is 2.81. The number of methoxy groups -OCH3 is 1. The van der Waals surface area contributed by atoms with E-state index in [9.17, 15) is 0 Å². The van der Waals surface area contributed by atoms with Crippen molar-refractivity contribution in [3.8, 4) is 0 Å². The van der Waals surface area contributed by atoms with Gasteiger partial charge in [0.25, 0.3) is 0 Å². The molecule has 0 aliphatic heterocycles. The van der Waals surface area contributed by atoms with Crippen LogP contribution in [0.3, 0.4) is 0 Å². The molecular formula is C12H22N2OS. The van der Waals surface area contributed by atoms with Gasteiger partial charge in [-0.3, -0.25) is 4.98 Å². The molecule has 0 aromatic carbocycles. The Morgan fingerprint density at radius 2 is 2.19 bits per heavy atom. The molecule has 0 saturated carbocycles. The molecule has 0 amide bonds. The zero-order chi connectivity index (χ0) is 12.0. The molecule has 0 saturated heterocycles. The number of rotatable bonds is 7. The normalized spacial score (nSPS) is 14.0. The van der Waals surface area contributed by atoms with E-state index in [1.165, 1.54) is 4.88 Å². The Kier molecular flexibility index (Phi) is 5.38. The highest BCUT2D eigenvalue weighted by Gasteiger charge is 2.34. The minimum atomic E-state index is -0.0707. The Bertz CT molecular complexity index is 275. The van der Waals surface area contributed by atoms with Crippen LogP contribution in [0.5, 0.6) is 0 Å². The van der Waals surface area contributed by atoms with Crippen LogP contribution >= 0.6 is 11.3 Å². The topological polar surface area (TPSA) is 34.1 Å². The van der Waals surface area contributed by atoms with E-state index in [-0.39, 0.29) is 5.60 Å². The van der Waals surface area contributed by atoms with Crippen LogP contribution < -0.4 is 5.32 Å². The van der Waals surface area contributed by atoms with E-state index in [1.54, 1.807) is 11.3 Å². The molecule has 1 unspecified atom stereocenters. The van der Waals surface area contributed by atoms with Crippen molar-refractivity contribution in [2.45, 2.75) is 44.8 Å². The summed E-state index contributed by atoms with van der Waals surface area (Å²) in [7, 11) is 3.81. The highest BCUT2D eigenvalue weighted by Crippen LogP contribution is 2.27. The molecule has 1 aromatic heterocycles. The standard InChI is InChI=1S/C12H22N2OS/c1-5-12(6-2,15-4)11(13-3)7-10-8-14-9-16-10/h8-9,11,13H,5-7H2,1-4H3. The maximum Gasteiger partial charge on any atom is 0.0829 e. The number of likely N-dealkylation sites (N-methyl/N-ethyl adjacent to an activating group) is 1. The minimum Gasteiger partial charge on any atom is -0.377 e. The summed E-state index contributed by atoms with van der Waals surface area (Å²) in [6.45, 7) is 4.37. The van der Waals surface area contributed by atoms with Crippen molar-refractivity contribution in [2.75, 3.05) is 14.2 Å². The number of thiazole rings is 1. The van der Waals surface area contributed by atoms with E-state index in [0.29, 0.717) is 6.04 Å². The molecule has 0 radical (unpaired) electrons. The molecule has 1 heterocycles. The van der Waals surface area contributed by atoms with Crippen LogP contribution in [0.25, 0.3) is 0 Å². The zero-order valence-electron chi connectivity index (χ0n) is 10.6. The lowest BCUT2D eigenvalue weighted by Crippen LogP contribution is -2.51. The van der Waals surface area contributed by atoms with Crippen LogP contribution in [-0.2, 0) is 11.2 Å². The highest BCUT2D eigenvalue weighted by molar-refractivity contribution is 7.09. The maximum atomic E-state index is 5.76. The van der Waals surface area contributed by atoms with Crippen molar-refractivity contribution < 1.29 is 4.74 Å². The lowest BCUT2D eigenvalue weighted by Gasteiger charge is -2.38. The predicted octanol–water partition coefficient (Wildman–Crippen LogP) is 2.48. The first-order chi connectivity index (χ1) is 7.72. The van der Waals surface area contributed by atoms with Crippen molar-refractivity contribution in [2.24, 2.45) is 0 Å². The molecule has 0 aliphatic carbocycles. The summed E-state index contributed by atoms with van der Waals surface area (Å²) in [5, 5.41) is 3.39. The van der Waals surface area contributed by atoms with E-state index < -0.39 is 0 Å². The van der Waals surface area contributed by atoms with Crippen molar-refractivity contribution in [1.29, 1.82) is 0 Å². The lowest BCUT2D eigenvalue weighted by atomic mass is 9.86. The maximum absolute atomic E-state index is 5.76. The molecule has 0 fully saturated rings. The van der Waals surface area contributed by atoms with Gasteiger partial charge in [0, 0.05) is 30.6 Å². The summed E-state index contributed by atoms with van der Waals surface area (Å²) in [5.41, 5.74) is 1.81. The van der Waals surface area contributed by atoms with Gasteiger partial charge >= 0.3 is 0 Å². The summed E-state index contributed by atoms with van der Waals surface area (Å²) in [4.78, 5) is 5.43. The Morgan fingerprint density at radius 1 is 1.50 bits per heavy atom. The van der Waals surface area contributed by atoms with Crippen molar-refractivity contribution in [3.05, 3.63) is 16.6 Å². The van der Waals surface area contributed by atoms with E-state index in [4.69, 9.17) is 4.74 Å². The first-order valence-electron chi connectivity index (χ1n) is 5.82. The van der Waals surface area contributed by atoms with Gasteiger partial charge in [-0.25, -0.2) is 0 Å². The molecule has 16 heavy (non-hydrogen) atoms. The summed E-state index contributed by atoms with van der Waals surface area (Å²) < 4.78 is 5.76. The smallest absolute Gasteiger partial charge is 0.0829 e. The number of aromatic nitrogens is 1. The van der Waals surface area contributed by atoms with Crippen molar-refractivity contribution in [3.63, 3.8) is 0 Å². The van der Waals surface area contributed by atoms with Crippen LogP contribution in [-0.4, -0.2) is 30.8 Å². The van der Waals surface area contributed by atoms with Gasteiger partial charge in [0.15, 0.2) is 0 Å². The van der Waals surface area contributed by atoms with E-state index in [1.807, 2.05) is 25.9 Å². The molecule has 0 spiro atoms. The van der Waals surface area contributed by atoms with Crippen LogP contribution in [0.2, 0.25) is 0 Å². The van der Waals surface area contributed by atoms with Gasteiger partial charge in [0.2, 0.25) is 0 Å². The SMILES string of the molecule is CCC(CC)(OC)C(Cc1cncs1)NC. The Balaban J connectivity index is 2.78. The molecule has 4 heteroatoms. The molecule has 1 N–H and O–H groups in total. The van der Waals surface area contributed by atoms with Crippen molar-refractivity contribution >= 4 is 11.3 Å².